The molecule has 2 heteroatoms. The summed E-state index contributed by atoms with van der Waals surface area (Å²) in [6.45, 7) is 0.816. The molecule has 0 radical (unpaired) electrons. The minimum absolute atomic E-state index is 0.698. The second kappa shape index (κ2) is 2.02. The van der Waals surface area contributed by atoms with Gasteiger partial charge in [0.25, 0.3) is 0 Å². The average Bonchev–Trinajstić information content (AvgIpc) is 2.45. The van der Waals surface area contributed by atoms with Crippen molar-refractivity contribution >= 4 is 0 Å². The molecule has 0 saturated heterocycles. The van der Waals surface area contributed by atoms with Crippen molar-refractivity contribution in [1.82, 2.24) is 5.32 Å². The first-order chi connectivity index (χ1) is 3.77. The van der Waals surface area contributed by atoms with Crippen LogP contribution in [0.15, 0.2) is 0 Å². The Kier molecular flexibility index (Phi) is 1.52. The normalized spacial score (nSPS) is 23.2. The molecule has 8 heavy (non-hydrogen) atoms. The van der Waals surface area contributed by atoms with E-state index in [1.807, 2.05) is 7.05 Å². The predicted octanol–water partition coefficient (Wildman–Crippen LogP) is 1.10. The molecule has 48 valence electrons. The highest BCUT2D eigenvalue weighted by Gasteiger charge is 2.41. The van der Waals surface area contributed by atoms with Gasteiger partial charge in [0.1, 0.15) is 5.67 Å². The molecule has 0 heterocycles. The molecule has 1 aliphatic rings. The zero-order valence-electron chi connectivity index (χ0n) is 5.21. The minimum atomic E-state index is -0.761. The van der Waals surface area contributed by atoms with Crippen LogP contribution in [0.25, 0.3) is 0 Å². The SMILES string of the molecule is CNCCC1(F)CC1. The molecule has 0 atom stereocenters. The van der Waals surface area contributed by atoms with Gasteiger partial charge in [0.15, 0.2) is 0 Å². The van der Waals surface area contributed by atoms with Crippen molar-refractivity contribution in [2.24, 2.45) is 0 Å². The Morgan fingerprint density at radius 2 is 2.25 bits per heavy atom. The van der Waals surface area contributed by atoms with Crippen molar-refractivity contribution in [2.45, 2.75) is 24.9 Å². The Morgan fingerprint density at radius 1 is 1.62 bits per heavy atom. The number of hydrogen-bond donors (Lipinski definition) is 1. The summed E-state index contributed by atoms with van der Waals surface area (Å²) in [5.74, 6) is 0. The van der Waals surface area contributed by atoms with Gasteiger partial charge in [0.05, 0.1) is 0 Å². The third-order valence-electron chi connectivity index (χ3n) is 1.62. The molecule has 0 amide bonds. The smallest absolute Gasteiger partial charge is 0.112 e. The Hall–Kier alpha value is -0.110. The first-order valence-corrected chi connectivity index (χ1v) is 3.10. The van der Waals surface area contributed by atoms with Gasteiger partial charge in [-0.3, -0.25) is 0 Å². The average molecular weight is 117 g/mol. The maximum Gasteiger partial charge on any atom is 0.112 e. The quantitative estimate of drug-likeness (QED) is 0.583. The molecule has 1 rings (SSSR count). The van der Waals surface area contributed by atoms with Crippen molar-refractivity contribution in [2.75, 3.05) is 13.6 Å². The lowest BCUT2D eigenvalue weighted by atomic mass is 10.2. The number of alkyl halides is 1. The van der Waals surface area contributed by atoms with Crippen molar-refractivity contribution in [1.29, 1.82) is 0 Å². The second-order valence-electron chi connectivity index (χ2n) is 2.50. The molecule has 0 spiro atoms. The molecule has 0 unspecified atom stereocenters. The Morgan fingerprint density at radius 3 is 2.62 bits per heavy atom. The van der Waals surface area contributed by atoms with E-state index in [-0.39, 0.29) is 0 Å². The molecule has 1 saturated carbocycles. The highest BCUT2D eigenvalue weighted by atomic mass is 19.1. The molecule has 0 bridgehead atoms. The first-order valence-electron chi connectivity index (χ1n) is 3.10. The van der Waals surface area contributed by atoms with Gasteiger partial charge in [-0.25, -0.2) is 4.39 Å². The van der Waals surface area contributed by atoms with E-state index >= 15 is 0 Å². The zero-order valence-corrected chi connectivity index (χ0v) is 5.21. The summed E-state index contributed by atoms with van der Waals surface area (Å²) in [7, 11) is 1.85. The van der Waals surface area contributed by atoms with Gasteiger partial charge in [-0.2, -0.15) is 0 Å². The van der Waals surface area contributed by atoms with Crippen molar-refractivity contribution in [3.63, 3.8) is 0 Å². The molecular formula is C6H12FN. The van der Waals surface area contributed by atoms with Gasteiger partial charge in [-0.15, -0.1) is 0 Å². The van der Waals surface area contributed by atoms with Crippen molar-refractivity contribution in [3.8, 4) is 0 Å². The van der Waals surface area contributed by atoms with Crippen LogP contribution in [-0.4, -0.2) is 19.3 Å². The number of nitrogens with one attached hydrogen (secondary N) is 1. The lowest BCUT2D eigenvalue weighted by Crippen LogP contribution is -2.13. The number of hydrogen-bond acceptors (Lipinski definition) is 1. The standard InChI is InChI=1S/C6H12FN/c1-8-5-4-6(7)2-3-6/h8H,2-5H2,1H3. The summed E-state index contributed by atoms with van der Waals surface area (Å²) < 4.78 is 12.6. The molecule has 0 aliphatic heterocycles. The van der Waals surface area contributed by atoms with E-state index in [4.69, 9.17) is 0 Å². The topological polar surface area (TPSA) is 12.0 Å². The number of rotatable bonds is 3. The van der Waals surface area contributed by atoms with Gasteiger partial charge in [0.2, 0.25) is 0 Å². The zero-order chi connectivity index (χ0) is 6.04. The molecule has 1 N–H and O–H groups in total. The lowest BCUT2D eigenvalue weighted by molar-refractivity contribution is 0.288. The van der Waals surface area contributed by atoms with E-state index in [9.17, 15) is 4.39 Å². The van der Waals surface area contributed by atoms with E-state index in [2.05, 4.69) is 5.32 Å². The summed E-state index contributed by atoms with van der Waals surface area (Å²) in [6, 6.07) is 0. The summed E-state index contributed by atoms with van der Waals surface area (Å²) in [5.41, 5.74) is -0.761. The van der Waals surface area contributed by atoms with Crippen LogP contribution in [0.5, 0.6) is 0 Å². The molecule has 0 aromatic rings. The van der Waals surface area contributed by atoms with Crippen LogP contribution in [0.2, 0.25) is 0 Å². The van der Waals surface area contributed by atoms with Crippen molar-refractivity contribution in [3.05, 3.63) is 0 Å². The van der Waals surface area contributed by atoms with Gasteiger partial charge in [-0.1, -0.05) is 0 Å². The van der Waals surface area contributed by atoms with E-state index in [1.54, 1.807) is 0 Å². The fourth-order valence-corrected chi connectivity index (χ4v) is 0.735. The highest BCUT2D eigenvalue weighted by molar-refractivity contribution is 4.93. The monoisotopic (exact) mass is 117 g/mol. The van der Waals surface area contributed by atoms with Crippen LogP contribution >= 0.6 is 0 Å². The van der Waals surface area contributed by atoms with Crippen LogP contribution in [-0.2, 0) is 0 Å². The van der Waals surface area contributed by atoms with Gasteiger partial charge in [-0.05, 0) is 32.9 Å². The van der Waals surface area contributed by atoms with Crippen LogP contribution in [0.1, 0.15) is 19.3 Å². The summed E-state index contributed by atoms with van der Waals surface area (Å²) >= 11 is 0. The Bertz CT molecular complexity index is 78.6. The van der Waals surface area contributed by atoms with Crippen molar-refractivity contribution < 1.29 is 4.39 Å². The molecule has 1 nitrogen and oxygen atoms in total. The Labute approximate surface area is 49.3 Å². The van der Waals surface area contributed by atoms with E-state index in [0.717, 1.165) is 19.4 Å². The third-order valence-corrected chi connectivity index (χ3v) is 1.62. The maximum absolute atomic E-state index is 12.6. The van der Waals surface area contributed by atoms with E-state index in [0.29, 0.717) is 6.42 Å². The largest absolute Gasteiger partial charge is 0.320 e. The fraction of sp³-hybridized carbons (Fsp3) is 1.00. The predicted molar refractivity (Wildman–Crippen MR) is 31.6 cm³/mol. The van der Waals surface area contributed by atoms with E-state index < -0.39 is 5.67 Å². The fourth-order valence-electron chi connectivity index (χ4n) is 0.735. The molecule has 1 fully saturated rings. The molecule has 0 aromatic carbocycles. The summed E-state index contributed by atoms with van der Waals surface area (Å²) in [5, 5.41) is 2.92. The van der Waals surface area contributed by atoms with Gasteiger partial charge >= 0.3 is 0 Å². The van der Waals surface area contributed by atoms with Crippen LogP contribution < -0.4 is 5.32 Å². The minimum Gasteiger partial charge on any atom is -0.320 e. The third kappa shape index (κ3) is 1.44. The second-order valence-corrected chi connectivity index (χ2v) is 2.50. The van der Waals surface area contributed by atoms with Crippen LogP contribution in [0, 0.1) is 0 Å². The molecule has 0 aromatic heterocycles. The first kappa shape index (κ1) is 6.02. The van der Waals surface area contributed by atoms with Crippen LogP contribution in [0.3, 0.4) is 0 Å². The highest BCUT2D eigenvalue weighted by Crippen LogP contribution is 2.42. The number of halogens is 1. The van der Waals surface area contributed by atoms with E-state index in [1.165, 1.54) is 0 Å². The Balaban J connectivity index is 2.01. The summed E-state index contributed by atoms with van der Waals surface area (Å²) in [4.78, 5) is 0. The summed E-state index contributed by atoms with van der Waals surface area (Å²) in [6.07, 6.45) is 2.27. The lowest BCUT2D eigenvalue weighted by Gasteiger charge is -2.00. The molecule has 1 aliphatic carbocycles. The maximum atomic E-state index is 12.6. The van der Waals surface area contributed by atoms with Gasteiger partial charge < -0.3 is 5.32 Å². The van der Waals surface area contributed by atoms with Crippen LogP contribution in [0.4, 0.5) is 4.39 Å². The van der Waals surface area contributed by atoms with Gasteiger partial charge in [0, 0.05) is 0 Å². The molecular weight excluding hydrogens is 105 g/mol.